The normalized spacial score (nSPS) is 10.2. The van der Waals surface area contributed by atoms with Crippen molar-refractivity contribution in [1.29, 1.82) is 0 Å². The van der Waals surface area contributed by atoms with Crippen LogP contribution in [0.3, 0.4) is 0 Å². The van der Waals surface area contributed by atoms with Gasteiger partial charge in [-0.3, -0.25) is 29.4 Å². The highest BCUT2D eigenvalue weighted by Gasteiger charge is 2.19. The smallest absolute Gasteiger partial charge is 0.274 e. The van der Waals surface area contributed by atoms with Crippen LogP contribution < -0.4 is 20.6 Å². The highest BCUT2D eigenvalue weighted by molar-refractivity contribution is 6.03. The summed E-state index contributed by atoms with van der Waals surface area (Å²) in [6.07, 6.45) is 2.00. The molecule has 0 aliphatic heterocycles. The number of anilines is 2. The largest absolute Gasteiger partial charge is 0.395 e. The summed E-state index contributed by atoms with van der Waals surface area (Å²) in [5, 5.41) is 30.7. The van der Waals surface area contributed by atoms with Crippen LogP contribution in [0.4, 0.5) is 11.4 Å². The van der Waals surface area contributed by atoms with E-state index in [9.17, 15) is 29.4 Å². The first-order valence-electron chi connectivity index (χ1n) is 15.8. The first-order chi connectivity index (χ1) is 24.3. The van der Waals surface area contributed by atoms with Crippen molar-refractivity contribution < 1.29 is 34.6 Å². The molecule has 4 amide bonds. The summed E-state index contributed by atoms with van der Waals surface area (Å²) in [7, 11) is 1.57. The van der Waals surface area contributed by atoms with Gasteiger partial charge < -0.3 is 25.3 Å². The number of carbonyl (C=O) groups is 4. The molecule has 5 aromatic rings. The van der Waals surface area contributed by atoms with E-state index in [0.29, 0.717) is 16.8 Å². The number of carbonyl (C=O) groups excluding carboxylic acids is 4. The quantitative estimate of drug-likeness (QED) is 0.0957. The fraction of sp³-hybridized carbons (Fsp3) is 0.205. The number of aliphatic hydroxyl groups excluding tert-OH is 2. The van der Waals surface area contributed by atoms with Gasteiger partial charge in [0.1, 0.15) is 0 Å². The Balaban J connectivity index is 0.000000274. The number of aromatic nitrogens is 1. The molecule has 0 saturated heterocycles. The molecule has 0 bridgehead atoms. The molecule has 0 spiro atoms. The van der Waals surface area contributed by atoms with E-state index >= 15 is 0 Å². The number of nitrogens with zero attached hydrogens (tertiary/aromatic N) is 3. The topological polar surface area (TPSA) is 172 Å². The number of nitrogens with one attached hydrogen (secondary N) is 2. The van der Waals surface area contributed by atoms with Crippen LogP contribution in [0, 0.1) is 0 Å². The fourth-order valence-corrected chi connectivity index (χ4v) is 5.19. The van der Waals surface area contributed by atoms with Gasteiger partial charge >= 0.3 is 0 Å². The SMILES string of the molecule is C.CNC(=O)c1ccc(CC(=O)N(CCO)c2cccc3cccnc23)cc1.O=C(NO)c1ccc(CC(=O)N(CCO)c2ccccc2)cc1. The van der Waals surface area contributed by atoms with E-state index in [-0.39, 0.29) is 64.3 Å². The molecule has 0 radical (unpaired) electrons. The Kier molecular flexibility index (Phi) is 15.4. The minimum atomic E-state index is -0.603. The minimum absolute atomic E-state index is 0. The monoisotopic (exact) mass is 693 g/mol. The molecular weight excluding hydrogens is 650 g/mol. The van der Waals surface area contributed by atoms with Gasteiger partial charge in [0.25, 0.3) is 11.8 Å². The predicted octanol–water partition coefficient (Wildman–Crippen LogP) is 4.17. The van der Waals surface area contributed by atoms with Crippen molar-refractivity contribution in [2.24, 2.45) is 0 Å². The number of fused-ring (bicyclic) bond motifs is 1. The lowest BCUT2D eigenvalue weighted by Crippen LogP contribution is -2.35. The van der Waals surface area contributed by atoms with Gasteiger partial charge in [-0.2, -0.15) is 0 Å². The zero-order valence-electron chi connectivity index (χ0n) is 27.5. The van der Waals surface area contributed by atoms with E-state index in [1.54, 1.807) is 60.0 Å². The highest BCUT2D eigenvalue weighted by atomic mass is 16.5. The van der Waals surface area contributed by atoms with Crippen LogP contribution in [-0.2, 0) is 22.4 Å². The van der Waals surface area contributed by atoms with Crippen molar-refractivity contribution in [3.05, 3.63) is 138 Å². The molecule has 51 heavy (non-hydrogen) atoms. The van der Waals surface area contributed by atoms with E-state index in [1.807, 2.05) is 60.7 Å². The van der Waals surface area contributed by atoms with Gasteiger partial charge in [0.15, 0.2) is 0 Å². The van der Waals surface area contributed by atoms with E-state index in [2.05, 4.69) is 10.3 Å². The molecule has 12 heteroatoms. The van der Waals surface area contributed by atoms with Gasteiger partial charge in [-0.05, 0) is 59.7 Å². The van der Waals surface area contributed by atoms with Crippen molar-refractivity contribution in [3.8, 4) is 0 Å². The molecule has 5 rings (SSSR count). The Hall–Kier alpha value is -5.95. The van der Waals surface area contributed by atoms with Crippen molar-refractivity contribution in [1.82, 2.24) is 15.8 Å². The van der Waals surface area contributed by atoms with E-state index < -0.39 is 5.91 Å². The molecule has 0 fully saturated rings. The number of hydrogen-bond donors (Lipinski definition) is 5. The second-order valence-electron chi connectivity index (χ2n) is 11.0. The number of hydroxylamine groups is 1. The fourth-order valence-electron chi connectivity index (χ4n) is 5.19. The third kappa shape index (κ3) is 10.8. The molecule has 0 saturated carbocycles. The molecule has 4 aromatic carbocycles. The van der Waals surface area contributed by atoms with E-state index in [1.165, 1.54) is 17.0 Å². The Morgan fingerprint density at radius 1 is 0.647 bits per heavy atom. The summed E-state index contributed by atoms with van der Waals surface area (Å²) in [5.74, 6) is -1.06. The molecule has 0 atom stereocenters. The van der Waals surface area contributed by atoms with Crippen LogP contribution in [-0.4, -0.2) is 77.4 Å². The van der Waals surface area contributed by atoms with Crippen LogP contribution in [0.15, 0.2) is 115 Å². The van der Waals surface area contributed by atoms with Crippen LogP contribution in [0.2, 0.25) is 0 Å². The van der Waals surface area contributed by atoms with E-state index in [0.717, 1.165) is 27.7 Å². The Morgan fingerprint density at radius 2 is 1.18 bits per heavy atom. The second kappa shape index (κ2) is 19.9. The number of amides is 4. The summed E-state index contributed by atoms with van der Waals surface area (Å²) >= 11 is 0. The van der Waals surface area contributed by atoms with Gasteiger partial charge in [0.2, 0.25) is 11.8 Å². The number of aliphatic hydroxyl groups is 2. The van der Waals surface area contributed by atoms with Gasteiger partial charge in [-0.25, -0.2) is 5.48 Å². The minimum Gasteiger partial charge on any atom is -0.395 e. The van der Waals surface area contributed by atoms with Crippen molar-refractivity contribution in [3.63, 3.8) is 0 Å². The van der Waals surface area contributed by atoms with Crippen LogP contribution in [0.25, 0.3) is 10.9 Å². The lowest BCUT2D eigenvalue weighted by atomic mass is 10.1. The zero-order valence-corrected chi connectivity index (χ0v) is 27.5. The first-order valence-corrected chi connectivity index (χ1v) is 15.8. The first kappa shape index (κ1) is 39.5. The summed E-state index contributed by atoms with van der Waals surface area (Å²) in [6.45, 7) is 0.125. The van der Waals surface area contributed by atoms with Crippen LogP contribution in [0.5, 0.6) is 0 Å². The maximum absolute atomic E-state index is 12.9. The van der Waals surface area contributed by atoms with E-state index in [4.69, 9.17) is 5.21 Å². The third-order valence-electron chi connectivity index (χ3n) is 7.69. The van der Waals surface area contributed by atoms with Crippen molar-refractivity contribution in [2.75, 3.05) is 43.2 Å². The maximum Gasteiger partial charge on any atom is 0.274 e. The van der Waals surface area contributed by atoms with Gasteiger partial charge in [-0.15, -0.1) is 0 Å². The molecule has 1 aromatic heterocycles. The average Bonchev–Trinajstić information content (AvgIpc) is 3.16. The zero-order chi connectivity index (χ0) is 35.9. The number of hydrogen-bond acceptors (Lipinski definition) is 8. The van der Waals surface area contributed by atoms with Gasteiger partial charge in [-0.1, -0.05) is 68.1 Å². The summed E-state index contributed by atoms with van der Waals surface area (Å²) in [5.41, 5.74) is 6.06. The molecule has 5 N–H and O–H groups in total. The predicted molar refractivity (Wildman–Crippen MR) is 197 cm³/mol. The molecule has 0 unspecified atom stereocenters. The Bertz CT molecular complexity index is 1880. The highest BCUT2D eigenvalue weighted by Crippen LogP contribution is 2.25. The van der Waals surface area contributed by atoms with Gasteiger partial charge in [0.05, 0.1) is 37.3 Å². The van der Waals surface area contributed by atoms with Crippen molar-refractivity contribution in [2.45, 2.75) is 20.3 Å². The molecule has 0 aliphatic rings. The number of rotatable bonds is 12. The lowest BCUT2D eigenvalue weighted by Gasteiger charge is -2.23. The standard InChI is InChI=1S/C21H21N3O3.C17H18N2O4.CH4/c1-22-21(27)17-9-7-15(8-10-17)14-19(26)24(12-13-25)18-6-2-4-16-5-3-11-23-20(16)18;20-11-10-19(15-4-2-1-3-5-15)16(21)12-13-6-8-14(9-7-13)17(22)18-23;/h2-11,25H,12-14H2,1H3,(H,22,27);1-9,20,23H,10-12H2,(H,18,22);1H4. The number of pyridine rings is 1. The van der Waals surface area contributed by atoms with Crippen LogP contribution >= 0.6 is 0 Å². The van der Waals surface area contributed by atoms with Crippen LogP contribution in [0.1, 0.15) is 39.3 Å². The third-order valence-corrected chi connectivity index (χ3v) is 7.69. The Morgan fingerprint density at radius 3 is 1.73 bits per heavy atom. The summed E-state index contributed by atoms with van der Waals surface area (Å²) < 4.78 is 0. The lowest BCUT2D eigenvalue weighted by molar-refractivity contribution is -0.118. The summed E-state index contributed by atoms with van der Waals surface area (Å²) in [6, 6.07) is 31.8. The Labute approximate surface area is 296 Å². The molecule has 12 nitrogen and oxygen atoms in total. The van der Waals surface area contributed by atoms with Crippen molar-refractivity contribution >= 4 is 45.9 Å². The maximum atomic E-state index is 12.9. The molecular formula is C39H43N5O7. The average molecular weight is 694 g/mol. The molecule has 266 valence electrons. The second-order valence-corrected chi connectivity index (χ2v) is 11.0. The molecule has 0 aliphatic carbocycles. The number of para-hydroxylation sites is 2. The number of benzene rings is 4. The molecule has 1 heterocycles. The summed E-state index contributed by atoms with van der Waals surface area (Å²) in [4.78, 5) is 55.8. The van der Waals surface area contributed by atoms with Gasteiger partial charge in [0, 0.05) is 48.5 Å².